The van der Waals surface area contributed by atoms with Crippen LogP contribution in [-0.4, -0.2) is 64.5 Å². The Morgan fingerprint density at radius 1 is 0.889 bits per heavy atom. The van der Waals surface area contributed by atoms with E-state index >= 15 is 0 Å². The molecule has 10 N–H and O–H groups in total. The second-order valence-corrected chi connectivity index (χ2v) is 5.95. The first-order chi connectivity index (χ1) is 12.6. The molecule has 0 heterocycles. The monoisotopic (exact) mass is 389 g/mol. The lowest BCUT2D eigenvalue weighted by Gasteiger charge is -2.22. The highest BCUT2D eigenvalue weighted by molar-refractivity contribution is 5.94. The lowest BCUT2D eigenvalue weighted by molar-refractivity contribution is -0.142. The maximum absolute atomic E-state index is 12.3. The van der Waals surface area contributed by atoms with Crippen LogP contribution in [0.15, 0.2) is 0 Å². The second kappa shape index (κ2) is 12.6. The molecule has 0 spiro atoms. The van der Waals surface area contributed by atoms with E-state index in [0.29, 0.717) is 19.4 Å². The number of rotatable bonds is 14. The van der Waals surface area contributed by atoms with Crippen molar-refractivity contribution < 1.29 is 34.2 Å². The van der Waals surface area contributed by atoms with Crippen molar-refractivity contribution in [2.24, 2.45) is 17.2 Å². The maximum Gasteiger partial charge on any atom is 0.326 e. The van der Waals surface area contributed by atoms with E-state index in [0.717, 1.165) is 0 Å². The fraction of sp³-hybridized carbons (Fsp3) is 0.667. The van der Waals surface area contributed by atoms with Gasteiger partial charge in [-0.2, -0.15) is 0 Å². The Morgan fingerprint density at radius 3 is 1.96 bits per heavy atom. The molecule has 154 valence electrons. The Bertz CT molecular complexity index is 555. The fourth-order valence-corrected chi connectivity index (χ4v) is 2.12. The van der Waals surface area contributed by atoms with Gasteiger partial charge in [0.15, 0.2) is 0 Å². The smallest absolute Gasteiger partial charge is 0.326 e. The zero-order valence-electron chi connectivity index (χ0n) is 14.8. The molecule has 3 atom stereocenters. The van der Waals surface area contributed by atoms with Gasteiger partial charge in [-0.3, -0.25) is 19.2 Å². The average molecular weight is 389 g/mol. The van der Waals surface area contributed by atoms with Gasteiger partial charge in [0.25, 0.3) is 0 Å². The predicted molar refractivity (Wildman–Crippen MR) is 93.1 cm³/mol. The Hall–Kier alpha value is -2.73. The molecular formula is C15H27N5O7. The summed E-state index contributed by atoms with van der Waals surface area (Å²) in [4.78, 5) is 57.2. The Kier molecular flexibility index (Phi) is 11.3. The summed E-state index contributed by atoms with van der Waals surface area (Å²) in [6.07, 6.45) is 0.0403. The molecule has 0 radical (unpaired) electrons. The topological polar surface area (TPSA) is 228 Å². The minimum Gasteiger partial charge on any atom is -0.481 e. The first-order valence-corrected chi connectivity index (χ1v) is 8.37. The number of nitrogens with two attached hydrogens (primary N) is 3. The third-order valence-corrected chi connectivity index (χ3v) is 3.61. The molecule has 0 saturated heterocycles. The lowest BCUT2D eigenvalue weighted by Crippen LogP contribution is -2.55. The average Bonchev–Trinajstić information content (AvgIpc) is 2.57. The van der Waals surface area contributed by atoms with Crippen LogP contribution in [0.1, 0.15) is 38.5 Å². The van der Waals surface area contributed by atoms with Crippen LogP contribution in [0.25, 0.3) is 0 Å². The van der Waals surface area contributed by atoms with Gasteiger partial charge in [0.2, 0.25) is 17.7 Å². The summed E-state index contributed by atoms with van der Waals surface area (Å²) < 4.78 is 0. The molecule has 12 heteroatoms. The summed E-state index contributed by atoms with van der Waals surface area (Å²) in [6.45, 7) is 0.370. The van der Waals surface area contributed by atoms with Gasteiger partial charge in [-0.15, -0.1) is 0 Å². The van der Waals surface area contributed by atoms with Crippen molar-refractivity contribution in [3.8, 4) is 0 Å². The fourth-order valence-electron chi connectivity index (χ4n) is 2.12. The van der Waals surface area contributed by atoms with Crippen molar-refractivity contribution in [2.45, 2.75) is 56.7 Å². The number of unbranched alkanes of at least 4 members (excludes halogenated alkanes) is 1. The van der Waals surface area contributed by atoms with Crippen molar-refractivity contribution in [3.05, 3.63) is 0 Å². The zero-order valence-corrected chi connectivity index (χ0v) is 14.8. The minimum atomic E-state index is -1.43. The Balaban J connectivity index is 4.96. The number of hydrogen-bond acceptors (Lipinski definition) is 7. The van der Waals surface area contributed by atoms with Crippen molar-refractivity contribution >= 4 is 29.7 Å². The van der Waals surface area contributed by atoms with Crippen LogP contribution in [0.3, 0.4) is 0 Å². The van der Waals surface area contributed by atoms with Crippen molar-refractivity contribution in [1.82, 2.24) is 10.6 Å². The van der Waals surface area contributed by atoms with Crippen LogP contribution in [0.4, 0.5) is 0 Å². The van der Waals surface area contributed by atoms with Gasteiger partial charge in [0.1, 0.15) is 12.1 Å². The van der Waals surface area contributed by atoms with Crippen LogP contribution in [0.5, 0.6) is 0 Å². The number of carboxylic acid groups (broad SMARTS) is 2. The van der Waals surface area contributed by atoms with Gasteiger partial charge in [-0.1, -0.05) is 0 Å². The number of nitrogens with one attached hydrogen (secondary N) is 2. The summed E-state index contributed by atoms with van der Waals surface area (Å²) in [5.41, 5.74) is 15.9. The van der Waals surface area contributed by atoms with Gasteiger partial charge < -0.3 is 38.0 Å². The number of amides is 3. The van der Waals surface area contributed by atoms with Crippen molar-refractivity contribution in [1.29, 1.82) is 0 Å². The molecule has 0 saturated carbocycles. The van der Waals surface area contributed by atoms with E-state index in [1.807, 2.05) is 0 Å². The predicted octanol–water partition coefficient (Wildman–Crippen LogP) is -2.76. The van der Waals surface area contributed by atoms with E-state index in [2.05, 4.69) is 10.6 Å². The first-order valence-electron chi connectivity index (χ1n) is 8.37. The summed E-state index contributed by atoms with van der Waals surface area (Å²) in [5.74, 6) is -5.08. The highest BCUT2D eigenvalue weighted by atomic mass is 16.4. The highest BCUT2D eigenvalue weighted by Crippen LogP contribution is 2.03. The van der Waals surface area contributed by atoms with Gasteiger partial charge in [0, 0.05) is 6.42 Å². The zero-order chi connectivity index (χ0) is 21.0. The summed E-state index contributed by atoms with van der Waals surface area (Å²) in [5, 5.41) is 22.2. The summed E-state index contributed by atoms with van der Waals surface area (Å²) in [6, 6.07) is -3.87. The standard InChI is InChI=1S/C15H27N5O7/c16-6-2-1-3-9(15(26)27)19-14(25)10(7-11(18)21)20-13(24)8(17)4-5-12(22)23/h8-10H,1-7,16-17H2,(H2,18,21)(H,19,25)(H,20,24)(H,22,23)(H,26,27)/t8-,9-,10-/m0/s1. The number of aliphatic carboxylic acids is 2. The summed E-state index contributed by atoms with van der Waals surface area (Å²) in [7, 11) is 0. The summed E-state index contributed by atoms with van der Waals surface area (Å²) >= 11 is 0. The molecule has 0 aromatic carbocycles. The van der Waals surface area contributed by atoms with Crippen LogP contribution in [-0.2, 0) is 24.0 Å². The normalized spacial score (nSPS) is 13.9. The molecular weight excluding hydrogens is 362 g/mol. The van der Waals surface area contributed by atoms with Gasteiger partial charge >= 0.3 is 11.9 Å². The number of primary amides is 1. The molecule has 0 aliphatic rings. The molecule has 0 unspecified atom stereocenters. The van der Waals surface area contributed by atoms with Crippen LogP contribution < -0.4 is 27.8 Å². The molecule has 3 amide bonds. The van der Waals surface area contributed by atoms with Crippen LogP contribution in [0.2, 0.25) is 0 Å². The molecule has 0 aliphatic heterocycles. The van der Waals surface area contributed by atoms with Crippen molar-refractivity contribution in [2.75, 3.05) is 6.54 Å². The van der Waals surface area contributed by atoms with E-state index < -0.39 is 54.2 Å². The van der Waals surface area contributed by atoms with E-state index in [-0.39, 0.29) is 19.3 Å². The Morgan fingerprint density at radius 2 is 1.48 bits per heavy atom. The van der Waals surface area contributed by atoms with Gasteiger partial charge in [-0.25, -0.2) is 4.79 Å². The van der Waals surface area contributed by atoms with E-state index in [1.165, 1.54) is 0 Å². The molecule has 12 nitrogen and oxygen atoms in total. The molecule has 0 rings (SSSR count). The first kappa shape index (κ1) is 24.3. The maximum atomic E-state index is 12.3. The third kappa shape index (κ3) is 10.8. The number of carbonyl (C=O) groups is 5. The number of hydrogen-bond donors (Lipinski definition) is 7. The van der Waals surface area contributed by atoms with Crippen LogP contribution in [0, 0.1) is 0 Å². The quantitative estimate of drug-likeness (QED) is 0.152. The molecule has 0 aliphatic carbocycles. The molecule has 0 aromatic rings. The number of carboxylic acids is 2. The van der Waals surface area contributed by atoms with E-state index in [9.17, 15) is 29.1 Å². The van der Waals surface area contributed by atoms with Gasteiger partial charge in [-0.05, 0) is 32.2 Å². The second-order valence-electron chi connectivity index (χ2n) is 5.95. The molecule has 27 heavy (non-hydrogen) atoms. The highest BCUT2D eigenvalue weighted by Gasteiger charge is 2.29. The van der Waals surface area contributed by atoms with E-state index in [1.54, 1.807) is 0 Å². The SMILES string of the molecule is NCCCC[C@H](NC(=O)[C@H](CC(N)=O)NC(=O)[C@@H](N)CCC(=O)O)C(=O)O. The number of carbonyl (C=O) groups excluding carboxylic acids is 3. The largest absolute Gasteiger partial charge is 0.481 e. The van der Waals surface area contributed by atoms with Crippen LogP contribution >= 0.6 is 0 Å². The lowest BCUT2D eigenvalue weighted by atomic mass is 10.1. The minimum absolute atomic E-state index is 0.119. The molecule has 0 fully saturated rings. The third-order valence-electron chi connectivity index (χ3n) is 3.61. The van der Waals surface area contributed by atoms with Crippen molar-refractivity contribution in [3.63, 3.8) is 0 Å². The Labute approximate surface area is 155 Å². The van der Waals surface area contributed by atoms with Gasteiger partial charge in [0.05, 0.1) is 12.5 Å². The van der Waals surface area contributed by atoms with E-state index in [4.69, 9.17) is 22.3 Å². The molecule has 0 aromatic heterocycles. The molecule has 0 bridgehead atoms.